The lowest BCUT2D eigenvalue weighted by atomic mass is 10.1. The lowest BCUT2D eigenvalue weighted by Crippen LogP contribution is -2.52. The molecule has 6 rings (SSSR count). The number of nitrogens with zero attached hydrogens (tertiary/aromatic N) is 5. The minimum atomic E-state index is 0.365. The molecular formula is C31H31N5. The number of hydrogen-bond donors (Lipinski definition) is 0. The Balaban J connectivity index is 1.45. The third-order valence-corrected chi connectivity index (χ3v) is 7.19. The van der Waals surface area contributed by atoms with Crippen molar-refractivity contribution in [1.29, 1.82) is 0 Å². The summed E-state index contributed by atoms with van der Waals surface area (Å²) in [4.78, 5) is 14.6. The number of piperazine rings is 1. The highest BCUT2D eigenvalue weighted by atomic mass is 15.3. The number of anilines is 2. The number of fused-ring (bicyclic) bond motifs is 1. The molecule has 0 N–H and O–H groups in total. The first kappa shape index (κ1) is 22.4. The van der Waals surface area contributed by atoms with E-state index in [0.717, 1.165) is 47.7 Å². The van der Waals surface area contributed by atoms with Gasteiger partial charge in [-0.05, 0) is 61.7 Å². The van der Waals surface area contributed by atoms with Crippen molar-refractivity contribution in [2.24, 2.45) is 0 Å². The second-order valence-electron chi connectivity index (χ2n) is 9.84. The fraction of sp³-hybridized carbons (Fsp3) is 0.226. The van der Waals surface area contributed by atoms with Gasteiger partial charge in [0.15, 0.2) is 5.65 Å². The van der Waals surface area contributed by atoms with Gasteiger partial charge in [0, 0.05) is 48.8 Å². The summed E-state index contributed by atoms with van der Waals surface area (Å²) in [7, 11) is 0. The van der Waals surface area contributed by atoms with Gasteiger partial charge in [0.05, 0.1) is 5.39 Å². The van der Waals surface area contributed by atoms with E-state index in [0.29, 0.717) is 6.04 Å². The highest BCUT2D eigenvalue weighted by Crippen LogP contribution is 2.37. The van der Waals surface area contributed by atoms with Crippen LogP contribution in [0.5, 0.6) is 0 Å². The molecule has 36 heavy (non-hydrogen) atoms. The largest absolute Gasteiger partial charge is 0.365 e. The van der Waals surface area contributed by atoms with Crippen LogP contribution < -0.4 is 9.80 Å². The SMILES string of the molecule is Cc1cccc(N2CCN(c3ncnc4c3c(-c3ccccc3)cn4-c3cccc(C)c3)C[C@@H]2C)c1. The second kappa shape index (κ2) is 9.15. The van der Waals surface area contributed by atoms with Crippen LogP contribution >= 0.6 is 0 Å². The lowest BCUT2D eigenvalue weighted by Gasteiger charge is -2.42. The molecule has 0 unspecified atom stereocenters. The molecule has 0 spiro atoms. The summed E-state index contributed by atoms with van der Waals surface area (Å²) < 4.78 is 2.21. The zero-order valence-electron chi connectivity index (χ0n) is 21.1. The van der Waals surface area contributed by atoms with Gasteiger partial charge in [-0.1, -0.05) is 54.6 Å². The van der Waals surface area contributed by atoms with Gasteiger partial charge < -0.3 is 14.4 Å². The molecular weight excluding hydrogens is 442 g/mol. The molecule has 0 saturated carbocycles. The summed E-state index contributed by atoms with van der Waals surface area (Å²) in [6.45, 7) is 9.37. The third kappa shape index (κ3) is 4.01. The zero-order chi connectivity index (χ0) is 24.6. The van der Waals surface area contributed by atoms with Crippen LogP contribution in [0.4, 0.5) is 11.5 Å². The lowest BCUT2D eigenvalue weighted by molar-refractivity contribution is 0.548. The minimum Gasteiger partial charge on any atom is -0.365 e. The van der Waals surface area contributed by atoms with Crippen LogP contribution in [0.15, 0.2) is 91.4 Å². The number of aromatic nitrogens is 3. The first-order valence-corrected chi connectivity index (χ1v) is 12.7. The van der Waals surface area contributed by atoms with Crippen molar-refractivity contribution in [3.8, 4) is 16.8 Å². The molecule has 5 heteroatoms. The van der Waals surface area contributed by atoms with Crippen LogP contribution in [-0.2, 0) is 0 Å². The van der Waals surface area contributed by atoms with Gasteiger partial charge in [0.2, 0.25) is 0 Å². The highest BCUT2D eigenvalue weighted by Gasteiger charge is 2.28. The van der Waals surface area contributed by atoms with E-state index in [1.807, 2.05) is 0 Å². The Kier molecular flexibility index (Phi) is 5.68. The normalized spacial score (nSPS) is 16.0. The quantitative estimate of drug-likeness (QED) is 0.302. The molecule has 1 saturated heterocycles. The smallest absolute Gasteiger partial charge is 0.150 e. The molecule has 0 bridgehead atoms. The van der Waals surface area contributed by atoms with Crippen LogP contribution in [0.2, 0.25) is 0 Å². The van der Waals surface area contributed by atoms with Crippen molar-refractivity contribution in [2.75, 3.05) is 29.4 Å². The Bertz CT molecular complexity index is 1520. The van der Waals surface area contributed by atoms with Crippen molar-refractivity contribution in [3.05, 3.63) is 103 Å². The molecule has 1 fully saturated rings. The van der Waals surface area contributed by atoms with E-state index >= 15 is 0 Å². The zero-order valence-corrected chi connectivity index (χ0v) is 21.1. The van der Waals surface area contributed by atoms with Crippen LogP contribution in [0, 0.1) is 13.8 Å². The topological polar surface area (TPSA) is 37.2 Å². The van der Waals surface area contributed by atoms with E-state index in [-0.39, 0.29) is 0 Å². The molecule has 180 valence electrons. The average molecular weight is 474 g/mol. The standard InChI is InChI=1S/C31H31N5/c1-22-9-7-13-26(17-22)35-16-15-34(19-24(35)3)30-29-28(25-11-5-4-6-12-25)20-36(31(29)33-21-32-30)27-14-8-10-23(2)18-27/h4-14,17-18,20-21,24H,15-16,19H2,1-3H3/t24-/m0/s1. The summed E-state index contributed by atoms with van der Waals surface area (Å²) in [5.74, 6) is 1.01. The van der Waals surface area contributed by atoms with Gasteiger partial charge in [-0.15, -0.1) is 0 Å². The first-order chi connectivity index (χ1) is 17.6. The predicted molar refractivity (Wildman–Crippen MR) is 149 cm³/mol. The van der Waals surface area contributed by atoms with Crippen molar-refractivity contribution in [3.63, 3.8) is 0 Å². The van der Waals surface area contributed by atoms with Gasteiger partial charge in [0.1, 0.15) is 12.1 Å². The monoisotopic (exact) mass is 473 g/mol. The van der Waals surface area contributed by atoms with E-state index in [1.165, 1.54) is 22.4 Å². The summed E-state index contributed by atoms with van der Waals surface area (Å²) in [5, 5.41) is 1.11. The molecule has 3 aromatic carbocycles. The second-order valence-corrected chi connectivity index (χ2v) is 9.84. The Hall–Kier alpha value is -4.12. The average Bonchev–Trinajstić information content (AvgIpc) is 3.29. The molecule has 3 heterocycles. The van der Waals surface area contributed by atoms with Crippen molar-refractivity contribution >= 4 is 22.5 Å². The van der Waals surface area contributed by atoms with Crippen LogP contribution in [0.1, 0.15) is 18.1 Å². The first-order valence-electron chi connectivity index (χ1n) is 12.7. The van der Waals surface area contributed by atoms with E-state index in [2.05, 4.69) is 120 Å². The van der Waals surface area contributed by atoms with Gasteiger partial charge >= 0.3 is 0 Å². The molecule has 1 atom stereocenters. The minimum absolute atomic E-state index is 0.365. The summed E-state index contributed by atoms with van der Waals surface area (Å²) in [6, 6.07) is 28.4. The van der Waals surface area contributed by atoms with E-state index < -0.39 is 0 Å². The van der Waals surface area contributed by atoms with Gasteiger partial charge in [0.25, 0.3) is 0 Å². The Morgan fingerprint density at radius 3 is 2.22 bits per heavy atom. The molecule has 5 nitrogen and oxygen atoms in total. The Morgan fingerprint density at radius 1 is 0.778 bits per heavy atom. The van der Waals surface area contributed by atoms with Crippen LogP contribution in [0.3, 0.4) is 0 Å². The maximum Gasteiger partial charge on any atom is 0.150 e. The van der Waals surface area contributed by atoms with Crippen molar-refractivity contribution < 1.29 is 0 Å². The molecule has 0 amide bonds. The Morgan fingerprint density at radius 2 is 1.50 bits per heavy atom. The molecule has 1 aliphatic heterocycles. The molecule has 1 aliphatic rings. The summed E-state index contributed by atoms with van der Waals surface area (Å²) >= 11 is 0. The van der Waals surface area contributed by atoms with Gasteiger partial charge in [-0.3, -0.25) is 0 Å². The van der Waals surface area contributed by atoms with E-state index in [9.17, 15) is 0 Å². The van der Waals surface area contributed by atoms with Crippen LogP contribution in [-0.4, -0.2) is 40.2 Å². The van der Waals surface area contributed by atoms with Crippen molar-refractivity contribution in [2.45, 2.75) is 26.8 Å². The molecule has 2 aromatic heterocycles. The fourth-order valence-corrected chi connectivity index (χ4v) is 5.44. The van der Waals surface area contributed by atoms with Crippen molar-refractivity contribution in [1.82, 2.24) is 14.5 Å². The summed E-state index contributed by atoms with van der Waals surface area (Å²) in [6.07, 6.45) is 3.94. The number of hydrogen-bond acceptors (Lipinski definition) is 4. The van der Waals surface area contributed by atoms with E-state index in [1.54, 1.807) is 6.33 Å². The number of benzene rings is 3. The highest BCUT2D eigenvalue weighted by molar-refractivity contribution is 6.02. The molecule has 5 aromatic rings. The van der Waals surface area contributed by atoms with Gasteiger partial charge in [-0.2, -0.15) is 0 Å². The predicted octanol–water partition coefficient (Wildman–Crippen LogP) is 6.42. The molecule has 0 radical (unpaired) electrons. The number of aryl methyl sites for hydroxylation is 2. The van der Waals surface area contributed by atoms with Gasteiger partial charge in [-0.25, -0.2) is 9.97 Å². The van der Waals surface area contributed by atoms with E-state index in [4.69, 9.17) is 9.97 Å². The summed E-state index contributed by atoms with van der Waals surface area (Å²) in [5.41, 5.74) is 8.22. The molecule has 0 aliphatic carbocycles. The third-order valence-electron chi connectivity index (χ3n) is 7.19. The maximum atomic E-state index is 4.87. The fourth-order valence-electron chi connectivity index (χ4n) is 5.44. The Labute approximate surface area is 212 Å². The van der Waals surface area contributed by atoms with Crippen LogP contribution in [0.25, 0.3) is 27.8 Å². The maximum absolute atomic E-state index is 4.87. The number of rotatable bonds is 4.